The molecule has 0 aromatic rings. The second-order valence-electron chi connectivity index (χ2n) is 1.91. The molecule has 0 heterocycles. The largest absolute Gasteiger partial charge is 0 e. The number of hydrogen-bond acceptors (Lipinski definition) is 6. The predicted octanol–water partition coefficient (Wildman–Crippen LogP) is -0.0345. The topological polar surface area (TPSA) is 129 Å². The van der Waals surface area contributed by atoms with E-state index in [1.165, 1.54) is 6.08 Å². The van der Waals surface area contributed by atoms with E-state index in [2.05, 4.69) is 87.6 Å². The van der Waals surface area contributed by atoms with Gasteiger partial charge >= 0.3 is 56.5 Å². The van der Waals surface area contributed by atoms with Gasteiger partial charge in [-0.05, 0) is 6.08 Å². The van der Waals surface area contributed by atoms with Gasteiger partial charge in [-0.25, -0.2) is 4.79 Å². The van der Waals surface area contributed by atoms with Gasteiger partial charge in [-0.2, -0.15) is 0 Å². The number of carboxylic acid groups (broad SMARTS) is 1. The molecule has 3 N–H and O–H groups in total. The molecule has 1 unspecified atom stereocenters. The smallest absolute Gasteiger partial charge is 0 e. The van der Waals surface area contributed by atoms with Crippen molar-refractivity contribution in [2.24, 2.45) is 0 Å². The third-order valence-corrected chi connectivity index (χ3v) is 0.855. The molecule has 0 amide bonds. The normalized spacial score (nSPS) is 8.30. The molecule has 0 spiro atoms. The van der Waals surface area contributed by atoms with Crippen LogP contribution >= 0.6 is 74.5 Å². The zero-order valence-electron chi connectivity index (χ0n) is 9.72. The number of halogens is 5. The molecule has 0 fully saturated rings. The molecular weight excluding hydrogens is 843 g/mol. The molecule has 1 atom stereocenters. The van der Waals surface area contributed by atoms with E-state index in [9.17, 15) is 9.59 Å². The number of carbonyl (C=O) groups excluding carboxylic acids is 1. The molecule has 12 heteroatoms. The van der Waals surface area contributed by atoms with Crippen LogP contribution in [0.5, 0.6) is 0 Å². The van der Waals surface area contributed by atoms with Crippen molar-refractivity contribution in [3.8, 4) is 0 Å². The first-order valence-electron chi connectivity index (χ1n) is 3.90. The van der Waals surface area contributed by atoms with E-state index in [4.69, 9.17) is 25.2 Å². The molecule has 0 bridgehead atoms. The van der Waals surface area contributed by atoms with Crippen LogP contribution in [0.25, 0.3) is 0 Å². The summed E-state index contributed by atoms with van der Waals surface area (Å²) in [5.74, 6) is -2.44. The maximum absolute atomic E-state index is 9.79. The molecule has 0 aliphatic carbocycles. The maximum atomic E-state index is 9.79. The van der Waals surface area contributed by atoms with E-state index < -0.39 is 17.9 Å². The van der Waals surface area contributed by atoms with Crippen molar-refractivity contribution in [3.63, 3.8) is 0 Å². The number of aliphatic hydroxyl groups is 2. The van der Waals surface area contributed by atoms with Crippen LogP contribution in [-0.4, -0.2) is 39.8 Å². The molecule has 122 valence electrons. The molecule has 0 radical (unpaired) electrons. The Hall–Kier alpha value is 1.79. The number of carbonyl (C=O) groups is 2. The van der Waals surface area contributed by atoms with E-state index >= 15 is 0 Å². The summed E-state index contributed by atoms with van der Waals surface area (Å²) in [4.78, 5) is 33.3. The minimum atomic E-state index is -1.46. The van der Waals surface area contributed by atoms with Crippen LogP contribution in [0.15, 0.2) is 25.3 Å². The minimum Gasteiger partial charge on any atom is 0 e. The van der Waals surface area contributed by atoms with Crippen molar-refractivity contribution in [1.82, 2.24) is 0 Å². The molecular formula is C8H12I5O7-. The standard InChI is InChI=1S/C4H4O3.C4H8O2.I3.I2.O2/c1-2-3(5)4(6)7;1-2-4(6)3-5;1-3-2;2*1-2/h2H,1H2,(H,6,7);2,4-6H,1,3H2;;;/q;;-1;;. The van der Waals surface area contributed by atoms with Gasteiger partial charge in [0.15, 0.2) is 0 Å². The SMILES string of the molecule is C=CC(=O)C(=O)O.C=CC(O)CO.II.I[I-]I.O=O. The first kappa shape index (κ1) is 33.4. The molecule has 20 heavy (non-hydrogen) atoms. The molecule has 0 aliphatic heterocycles. The summed E-state index contributed by atoms with van der Waals surface area (Å²) in [5.41, 5.74) is 0. The number of rotatable bonds is 4. The van der Waals surface area contributed by atoms with Crippen LogP contribution in [0.3, 0.4) is 0 Å². The van der Waals surface area contributed by atoms with Crippen LogP contribution in [0.1, 0.15) is 0 Å². The Kier molecular flexibility index (Phi) is 62.2. The Labute approximate surface area is 169 Å². The fraction of sp³-hybridized carbons (Fsp3) is 0.250. The van der Waals surface area contributed by atoms with Crippen LogP contribution in [0, 0.1) is 9.93 Å². The van der Waals surface area contributed by atoms with Crippen LogP contribution in [0.2, 0.25) is 0 Å². The quantitative estimate of drug-likeness (QED) is 0.157. The summed E-state index contributed by atoms with van der Waals surface area (Å²) < 4.78 is 0. The van der Waals surface area contributed by atoms with Crippen LogP contribution in [-0.2, 0) is 9.59 Å². The van der Waals surface area contributed by atoms with Gasteiger partial charge in [0.05, 0.1) is 12.7 Å². The minimum absolute atomic E-state index is 0.233. The number of aliphatic carboxylic acids is 1. The maximum Gasteiger partial charge on any atom is 0 e. The molecule has 0 saturated heterocycles. The fourth-order valence-corrected chi connectivity index (χ4v) is 0.162. The number of carboxylic acids is 1. The molecule has 0 rings (SSSR count). The summed E-state index contributed by atoms with van der Waals surface area (Å²) in [6, 6.07) is 0. The molecule has 0 saturated carbocycles. The summed E-state index contributed by atoms with van der Waals surface area (Å²) in [6.07, 6.45) is 1.28. The van der Waals surface area contributed by atoms with Crippen molar-refractivity contribution in [2.45, 2.75) is 6.10 Å². The molecule has 0 aromatic carbocycles. The average molecular weight is 855 g/mol. The van der Waals surface area contributed by atoms with E-state index in [1.54, 1.807) is 0 Å². The summed E-state index contributed by atoms with van der Waals surface area (Å²) in [5, 5.41) is 24.1. The fourth-order valence-electron chi connectivity index (χ4n) is 0.162. The molecule has 0 aliphatic rings. The summed E-state index contributed by atoms with van der Waals surface area (Å²) in [7, 11) is 0. The van der Waals surface area contributed by atoms with E-state index in [0.29, 0.717) is 13.3 Å². The van der Waals surface area contributed by atoms with E-state index in [1.807, 2.05) is 0 Å². The van der Waals surface area contributed by atoms with Gasteiger partial charge in [0.25, 0.3) is 5.78 Å². The third kappa shape index (κ3) is 50.3. The Morgan fingerprint density at radius 1 is 1.20 bits per heavy atom. The van der Waals surface area contributed by atoms with Gasteiger partial charge in [-0.1, -0.05) is 12.7 Å². The van der Waals surface area contributed by atoms with E-state index in [-0.39, 0.29) is 6.61 Å². The van der Waals surface area contributed by atoms with Gasteiger partial charge in [0.2, 0.25) is 0 Å². The first-order chi connectivity index (χ1) is 9.40. The second-order valence-corrected chi connectivity index (χ2v) is 18.2. The number of aliphatic hydroxyl groups excluding tert-OH is 2. The number of ketones is 1. The Bertz CT molecular complexity index is 239. The van der Waals surface area contributed by atoms with Crippen molar-refractivity contribution >= 4 is 86.2 Å². The Morgan fingerprint density at radius 3 is 1.50 bits per heavy atom. The number of hydrogen-bond donors (Lipinski definition) is 3. The molecule has 0 aromatic heterocycles. The zero-order valence-corrected chi connectivity index (χ0v) is 20.5. The zero-order chi connectivity index (χ0) is 17.6. The molecule has 7 nitrogen and oxygen atoms in total. The third-order valence-electron chi connectivity index (χ3n) is 0.855. The van der Waals surface area contributed by atoms with Crippen molar-refractivity contribution in [3.05, 3.63) is 35.2 Å². The second kappa shape index (κ2) is 37.2. The van der Waals surface area contributed by atoms with Gasteiger partial charge in [0, 0.05) is 47.2 Å². The van der Waals surface area contributed by atoms with Crippen molar-refractivity contribution in [1.29, 1.82) is 0 Å². The Balaban J connectivity index is -0.0000000524. The summed E-state index contributed by atoms with van der Waals surface area (Å²) >= 11 is 9.54. The summed E-state index contributed by atoms with van der Waals surface area (Å²) in [6.45, 7) is 5.94. The Morgan fingerprint density at radius 2 is 1.50 bits per heavy atom. The average Bonchev–Trinajstić information content (AvgIpc) is 2.50. The predicted molar refractivity (Wildman–Crippen MR) is 109 cm³/mol. The van der Waals surface area contributed by atoms with Gasteiger partial charge in [-0.3, -0.25) is 4.79 Å². The first-order valence-corrected chi connectivity index (χ1v) is 22.8. The van der Waals surface area contributed by atoms with Crippen molar-refractivity contribution in [2.75, 3.05) is 6.61 Å². The van der Waals surface area contributed by atoms with Gasteiger partial charge in [0.1, 0.15) is 0 Å². The van der Waals surface area contributed by atoms with Crippen LogP contribution < -0.4 is 13.3 Å². The van der Waals surface area contributed by atoms with Crippen molar-refractivity contribution < 1.29 is 38.2 Å². The van der Waals surface area contributed by atoms with Gasteiger partial charge < -0.3 is 15.3 Å². The monoisotopic (exact) mass is 855 g/mol. The van der Waals surface area contributed by atoms with E-state index in [0.717, 1.165) is 6.08 Å². The van der Waals surface area contributed by atoms with Gasteiger partial charge in [-0.15, -0.1) is 6.58 Å². The van der Waals surface area contributed by atoms with Crippen LogP contribution in [0.4, 0.5) is 0 Å².